The number of benzene rings is 2. The van der Waals surface area contributed by atoms with Gasteiger partial charge in [-0.25, -0.2) is 0 Å². The van der Waals surface area contributed by atoms with E-state index in [4.69, 9.17) is 10.00 Å². The van der Waals surface area contributed by atoms with Crippen LogP contribution in [-0.4, -0.2) is 12.5 Å². The van der Waals surface area contributed by atoms with Crippen LogP contribution in [0.2, 0.25) is 0 Å². The Bertz CT molecular complexity index is 642. The van der Waals surface area contributed by atoms with Gasteiger partial charge in [0.15, 0.2) is 0 Å². The van der Waals surface area contributed by atoms with Crippen molar-refractivity contribution in [1.29, 1.82) is 5.26 Å². The highest BCUT2D eigenvalue weighted by Gasteiger charge is 2.06. The summed E-state index contributed by atoms with van der Waals surface area (Å²) in [5.74, 6) is 0.513. The first-order valence-corrected chi connectivity index (χ1v) is 6.27. The van der Waals surface area contributed by atoms with Gasteiger partial charge in [-0.05, 0) is 49.4 Å². The molecule has 0 aliphatic rings. The lowest BCUT2D eigenvalue weighted by Crippen LogP contribution is -2.11. The van der Waals surface area contributed by atoms with Gasteiger partial charge in [-0.2, -0.15) is 5.26 Å². The number of ether oxygens (including phenoxy) is 1. The number of nitriles is 1. The van der Waals surface area contributed by atoms with E-state index in [2.05, 4.69) is 5.32 Å². The molecular weight excluding hydrogens is 252 g/mol. The van der Waals surface area contributed by atoms with Crippen LogP contribution in [0.25, 0.3) is 0 Å². The summed E-state index contributed by atoms with van der Waals surface area (Å²) in [6.07, 6.45) is 0. The standard InChI is InChI=1S/C16H14N2O2/c1-2-20-15-8-6-13(7-9-15)16(19)18-14-5-3-4-12(10-14)11-17/h3-10H,2H2,1H3,(H,18,19). The molecule has 2 aromatic carbocycles. The molecule has 0 fully saturated rings. The Kier molecular flexibility index (Phi) is 4.35. The molecule has 4 nitrogen and oxygen atoms in total. The number of hydrogen-bond acceptors (Lipinski definition) is 3. The van der Waals surface area contributed by atoms with Crippen molar-refractivity contribution in [3.05, 3.63) is 59.7 Å². The summed E-state index contributed by atoms with van der Waals surface area (Å²) in [7, 11) is 0. The third-order valence-electron chi connectivity index (χ3n) is 2.68. The smallest absolute Gasteiger partial charge is 0.255 e. The van der Waals surface area contributed by atoms with Gasteiger partial charge in [0.25, 0.3) is 5.91 Å². The predicted octanol–water partition coefficient (Wildman–Crippen LogP) is 3.21. The van der Waals surface area contributed by atoms with Crippen LogP contribution >= 0.6 is 0 Å². The van der Waals surface area contributed by atoms with Gasteiger partial charge in [0, 0.05) is 11.3 Å². The molecule has 20 heavy (non-hydrogen) atoms. The first kappa shape index (κ1) is 13.6. The summed E-state index contributed by atoms with van der Waals surface area (Å²) in [6.45, 7) is 2.50. The fourth-order valence-electron chi connectivity index (χ4n) is 1.74. The van der Waals surface area contributed by atoms with Crippen LogP contribution in [0.1, 0.15) is 22.8 Å². The quantitative estimate of drug-likeness (QED) is 0.924. The Labute approximate surface area is 117 Å². The highest BCUT2D eigenvalue weighted by atomic mass is 16.5. The topological polar surface area (TPSA) is 62.1 Å². The van der Waals surface area contributed by atoms with E-state index in [0.29, 0.717) is 23.4 Å². The van der Waals surface area contributed by atoms with Crippen molar-refractivity contribution in [3.8, 4) is 11.8 Å². The van der Waals surface area contributed by atoms with Crippen molar-refractivity contribution in [2.24, 2.45) is 0 Å². The minimum absolute atomic E-state index is 0.219. The number of amides is 1. The Hall–Kier alpha value is -2.80. The molecule has 1 N–H and O–H groups in total. The SMILES string of the molecule is CCOc1ccc(C(=O)Nc2cccc(C#N)c2)cc1. The maximum atomic E-state index is 12.0. The van der Waals surface area contributed by atoms with Gasteiger partial charge in [-0.1, -0.05) is 6.07 Å². The number of nitrogens with zero attached hydrogens (tertiary/aromatic N) is 1. The Balaban J connectivity index is 2.09. The summed E-state index contributed by atoms with van der Waals surface area (Å²) < 4.78 is 5.32. The summed E-state index contributed by atoms with van der Waals surface area (Å²) in [5, 5.41) is 11.6. The molecule has 0 radical (unpaired) electrons. The van der Waals surface area contributed by atoms with Gasteiger partial charge >= 0.3 is 0 Å². The second kappa shape index (κ2) is 6.39. The highest BCUT2D eigenvalue weighted by molar-refractivity contribution is 6.04. The van der Waals surface area contributed by atoms with Crippen LogP contribution in [-0.2, 0) is 0 Å². The van der Waals surface area contributed by atoms with Gasteiger partial charge in [-0.15, -0.1) is 0 Å². The number of carbonyl (C=O) groups is 1. The monoisotopic (exact) mass is 266 g/mol. The fourth-order valence-corrected chi connectivity index (χ4v) is 1.74. The maximum absolute atomic E-state index is 12.0. The molecule has 4 heteroatoms. The lowest BCUT2D eigenvalue weighted by atomic mass is 10.2. The number of anilines is 1. The second-order valence-corrected chi connectivity index (χ2v) is 4.10. The van der Waals surface area contributed by atoms with Gasteiger partial charge in [-0.3, -0.25) is 4.79 Å². The number of rotatable bonds is 4. The third-order valence-corrected chi connectivity index (χ3v) is 2.68. The van der Waals surface area contributed by atoms with Crippen LogP contribution in [0.15, 0.2) is 48.5 Å². The second-order valence-electron chi connectivity index (χ2n) is 4.10. The molecule has 0 bridgehead atoms. The van der Waals surface area contributed by atoms with Crippen LogP contribution in [0.3, 0.4) is 0 Å². The number of carbonyl (C=O) groups excluding carboxylic acids is 1. The first-order chi connectivity index (χ1) is 9.72. The van der Waals surface area contributed by atoms with Crippen LogP contribution < -0.4 is 10.1 Å². The van der Waals surface area contributed by atoms with Crippen LogP contribution in [0.4, 0.5) is 5.69 Å². The van der Waals surface area contributed by atoms with E-state index in [9.17, 15) is 4.79 Å². The van der Waals surface area contributed by atoms with Crippen molar-refractivity contribution in [2.45, 2.75) is 6.92 Å². The van der Waals surface area contributed by atoms with Gasteiger partial charge in [0.1, 0.15) is 5.75 Å². The van der Waals surface area contributed by atoms with E-state index >= 15 is 0 Å². The van der Waals surface area contributed by atoms with E-state index in [-0.39, 0.29) is 5.91 Å². The Morgan fingerprint density at radius 3 is 2.65 bits per heavy atom. The molecule has 2 rings (SSSR count). The predicted molar refractivity (Wildman–Crippen MR) is 76.7 cm³/mol. The largest absolute Gasteiger partial charge is 0.494 e. The molecule has 2 aromatic rings. The summed E-state index contributed by atoms with van der Waals surface area (Å²) in [6, 6.07) is 15.7. The number of nitrogens with one attached hydrogen (secondary N) is 1. The van der Waals surface area contributed by atoms with Gasteiger partial charge in [0.05, 0.1) is 18.2 Å². The summed E-state index contributed by atoms with van der Waals surface area (Å²) in [5.41, 5.74) is 1.65. The zero-order valence-electron chi connectivity index (χ0n) is 11.1. The minimum atomic E-state index is -0.219. The van der Waals surface area contributed by atoms with Crippen molar-refractivity contribution in [3.63, 3.8) is 0 Å². The number of hydrogen-bond donors (Lipinski definition) is 1. The average Bonchev–Trinajstić information content (AvgIpc) is 2.48. The molecule has 0 atom stereocenters. The molecule has 0 saturated heterocycles. The molecule has 1 amide bonds. The van der Waals surface area contributed by atoms with Crippen molar-refractivity contribution < 1.29 is 9.53 Å². The van der Waals surface area contributed by atoms with E-state index in [1.165, 1.54) is 0 Å². The van der Waals surface area contributed by atoms with Crippen LogP contribution in [0, 0.1) is 11.3 Å². The van der Waals surface area contributed by atoms with Crippen molar-refractivity contribution >= 4 is 11.6 Å². The molecule has 0 aromatic heterocycles. The molecular formula is C16H14N2O2. The molecule has 0 heterocycles. The zero-order valence-corrected chi connectivity index (χ0v) is 11.1. The molecule has 0 aliphatic carbocycles. The normalized spacial score (nSPS) is 9.60. The average molecular weight is 266 g/mol. The molecule has 100 valence electrons. The summed E-state index contributed by atoms with van der Waals surface area (Å²) >= 11 is 0. The van der Waals surface area contributed by atoms with Crippen LogP contribution in [0.5, 0.6) is 5.75 Å². The zero-order chi connectivity index (χ0) is 14.4. The Morgan fingerprint density at radius 2 is 2.00 bits per heavy atom. The van der Waals surface area contributed by atoms with E-state index in [0.717, 1.165) is 5.75 Å². The third kappa shape index (κ3) is 3.36. The van der Waals surface area contributed by atoms with E-state index in [1.807, 2.05) is 13.0 Å². The highest BCUT2D eigenvalue weighted by Crippen LogP contribution is 2.15. The first-order valence-electron chi connectivity index (χ1n) is 6.27. The van der Waals surface area contributed by atoms with Crippen molar-refractivity contribution in [2.75, 3.05) is 11.9 Å². The lowest BCUT2D eigenvalue weighted by Gasteiger charge is -2.07. The Morgan fingerprint density at radius 1 is 1.25 bits per heavy atom. The van der Waals surface area contributed by atoms with Gasteiger partial charge < -0.3 is 10.1 Å². The summed E-state index contributed by atoms with van der Waals surface area (Å²) in [4.78, 5) is 12.0. The lowest BCUT2D eigenvalue weighted by molar-refractivity contribution is 0.102. The van der Waals surface area contributed by atoms with Crippen molar-refractivity contribution in [1.82, 2.24) is 0 Å². The molecule has 0 saturated carbocycles. The van der Waals surface area contributed by atoms with Gasteiger partial charge in [0.2, 0.25) is 0 Å². The molecule has 0 spiro atoms. The fraction of sp³-hybridized carbons (Fsp3) is 0.125. The minimum Gasteiger partial charge on any atom is -0.494 e. The molecule has 0 unspecified atom stereocenters. The van der Waals surface area contributed by atoms with E-state index in [1.54, 1.807) is 48.5 Å². The van der Waals surface area contributed by atoms with E-state index < -0.39 is 0 Å². The molecule has 0 aliphatic heterocycles. The maximum Gasteiger partial charge on any atom is 0.255 e.